The van der Waals surface area contributed by atoms with Gasteiger partial charge in [-0.2, -0.15) is 0 Å². The Morgan fingerprint density at radius 3 is 2.89 bits per heavy atom. The monoisotopic (exact) mass is 279 g/mol. The molecule has 19 heavy (non-hydrogen) atoms. The van der Waals surface area contributed by atoms with Gasteiger partial charge in [-0.25, -0.2) is 0 Å². The molecule has 4 N–H and O–H groups in total. The molecule has 1 aromatic carbocycles. The van der Waals surface area contributed by atoms with Crippen LogP contribution >= 0.6 is 11.8 Å². The maximum atomic E-state index is 11.9. The number of anilines is 2. The Kier molecular flexibility index (Phi) is 4.11. The molecule has 1 aliphatic heterocycles. The van der Waals surface area contributed by atoms with E-state index in [9.17, 15) is 9.59 Å². The standard InChI is InChI=1S/C13H17N3O2S/c1-7(2)12(14)13(18)15-8-3-4-10-9(5-8)16-11(17)6-19-10/h3-5,7,12H,6,14H2,1-2H3,(H,15,18)(H,16,17)/t12-/m0/s1. The quantitative estimate of drug-likeness (QED) is 0.785. The van der Waals surface area contributed by atoms with Gasteiger partial charge in [0.05, 0.1) is 17.5 Å². The summed E-state index contributed by atoms with van der Waals surface area (Å²) in [6, 6.07) is 4.91. The van der Waals surface area contributed by atoms with Crippen molar-refractivity contribution in [2.75, 3.05) is 16.4 Å². The summed E-state index contributed by atoms with van der Waals surface area (Å²) in [6.45, 7) is 3.79. The number of nitrogens with one attached hydrogen (secondary N) is 2. The van der Waals surface area contributed by atoms with Gasteiger partial charge in [-0.15, -0.1) is 11.8 Å². The fraction of sp³-hybridized carbons (Fsp3) is 0.385. The van der Waals surface area contributed by atoms with Crippen LogP contribution in [0.4, 0.5) is 11.4 Å². The van der Waals surface area contributed by atoms with E-state index in [-0.39, 0.29) is 17.7 Å². The van der Waals surface area contributed by atoms with Crippen LogP contribution in [0.15, 0.2) is 23.1 Å². The molecule has 102 valence electrons. The molecular formula is C13H17N3O2S. The van der Waals surface area contributed by atoms with Crippen molar-refractivity contribution < 1.29 is 9.59 Å². The zero-order chi connectivity index (χ0) is 14.0. The number of rotatable bonds is 3. The minimum Gasteiger partial charge on any atom is -0.325 e. The van der Waals surface area contributed by atoms with Gasteiger partial charge in [0.2, 0.25) is 11.8 Å². The van der Waals surface area contributed by atoms with E-state index < -0.39 is 6.04 Å². The molecule has 2 amide bonds. The Hall–Kier alpha value is -1.53. The molecule has 5 nitrogen and oxygen atoms in total. The molecule has 0 saturated heterocycles. The highest BCUT2D eigenvalue weighted by Gasteiger charge is 2.19. The number of thioether (sulfide) groups is 1. The first-order valence-corrected chi connectivity index (χ1v) is 7.09. The van der Waals surface area contributed by atoms with E-state index in [0.717, 1.165) is 10.6 Å². The first-order chi connectivity index (χ1) is 8.97. The van der Waals surface area contributed by atoms with E-state index in [4.69, 9.17) is 5.73 Å². The molecule has 6 heteroatoms. The van der Waals surface area contributed by atoms with Gasteiger partial charge < -0.3 is 16.4 Å². The average Bonchev–Trinajstić information content (AvgIpc) is 2.37. The summed E-state index contributed by atoms with van der Waals surface area (Å²) >= 11 is 1.49. The summed E-state index contributed by atoms with van der Waals surface area (Å²) in [6.07, 6.45) is 0. The van der Waals surface area contributed by atoms with Gasteiger partial charge in [0, 0.05) is 10.6 Å². The predicted molar refractivity (Wildman–Crippen MR) is 77.2 cm³/mol. The third kappa shape index (κ3) is 3.27. The number of hydrogen-bond acceptors (Lipinski definition) is 4. The Morgan fingerprint density at radius 2 is 2.21 bits per heavy atom. The number of nitrogens with two attached hydrogens (primary N) is 1. The van der Waals surface area contributed by atoms with Crippen molar-refractivity contribution in [3.63, 3.8) is 0 Å². The van der Waals surface area contributed by atoms with Crippen molar-refractivity contribution in [3.05, 3.63) is 18.2 Å². The molecule has 0 saturated carbocycles. The molecule has 0 aliphatic carbocycles. The van der Waals surface area contributed by atoms with Gasteiger partial charge in [-0.3, -0.25) is 9.59 Å². The third-order valence-electron chi connectivity index (χ3n) is 2.90. The lowest BCUT2D eigenvalue weighted by atomic mass is 10.0. The lowest BCUT2D eigenvalue weighted by Gasteiger charge is -2.19. The molecule has 1 atom stereocenters. The summed E-state index contributed by atoms with van der Waals surface area (Å²) in [7, 11) is 0. The van der Waals surface area contributed by atoms with Gasteiger partial charge >= 0.3 is 0 Å². The van der Waals surface area contributed by atoms with Gasteiger partial charge in [0.1, 0.15) is 0 Å². The number of carbonyl (C=O) groups is 2. The number of amides is 2. The molecule has 0 fully saturated rings. The fourth-order valence-electron chi connectivity index (χ4n) is 1.69. The first-order valence-electron chi connectivity index (χ1n) is 6.10. The maximum absolute atomic E-state index is 11.9. The molecule has 0 radical (unpaired) electrons. The van der Waals surface area contributed by atoms with Crippen LogP contribution in [0.1, 0.15) is 13.8 Å². The molecule has 0 spiro atoms. The fourth-order valence-corrected chi connectivity index (χ4v) is 2.48. The number of benzene rings is 1. The topological polar surface area (TPSA) is 84.2 Å². The van der Waals surface area contributed by atoms with Crippen LogP contribution in [0.5, 0.6) is 0 Å². The molecule has 1 aromatic rings. The SMILES string of the molecule is CC(C)[C@H](N)C(=O)Nc1ccc2c(c1)NC(=O)CS2. The summed E-state index contributed by atoms with van der Waals surface area (Å²) < 4.78 is 0. The van der Waals surface area contributed by atoms with Crippen molar-refractivity contribution >= 4 is 35.0 Å². The molecule has 1 aliphatic rings. The van der Waals surface area contributed by atoms with Crippen LogP contribution in [-0.2, 0) is 9.59 Å². The number of carbonyl (C=O) groups excluding carboxylic acids is 2. The molecule has 0 aromatic heterocycles. The minimum atomic E-state index is -0.542. The van der Waals surface area contributed by atoms with E-state index in [2.05, 4.69) is 10.6 Å². The largest absolute Gasteiger partial charge is 0.325 e. The van der Waals surface area contributed by atoms with Gasteiger partial charge in [0.25, 0.3) is 0 Å². The van der Waals surface area contributed by atoms with Crippen LogP contribution in [0.25, 0.3) is 0 Å². The zero-order valence-electron chi connectivity index (χ0n) is 10.9. The van der Waals surface area contributed by atoms with Crippen LogP contribution in [0, 0.1) is 5.92 Å². The Labute approximate surface area is 116 Å². The van der Waals surface area contributed by atoms with Crippen molar-refractivity contribution in [2.45, 2.75) is 24.8 Å². The summed E-state index contributed by atoms with van der Waals surface area (Å²) in [5, 5.41) is 5.55. The second-order valence-electron chi connectivity index (χ2n) is 4.81. The summed E-state index contributed by atoms with van der Waals surface area (Å²) in [5.74, 6) is 0.259. The molecule has 0 unspecified atom stereocenters. The van der Waals surface area contributed by atoms with Crippen LogP contribution in [0.2, 0.25) is 0 Å². The Balaban J connectivity index is 2.12. The number of fused-ring (bicyclic) bond motifs is 1. The minimum absolute atomic E-state index is 0.0279. The Bertz CT molecular complexity index is 517. The van der Waals surface area contributed by atoms with E-state index in [0.29, 0.717) is 11.4 Å². The Morgan fingerprint density at radius 1 is 1.47 bits per heavy atom. The average molecular weight is 279 g/mol. The van der Waals surface area contributed by atoms with Crippen molar-refractivity contribution in [3.8, 4) is 0 Å². The summed E-state index contributed by atoms with van der Waals surface area (Å²) in [4.78, 5) is 24.2. The van der Waals surface area contributed by atoms with E-state index in [1.165, 1.54) is 11.8 Å². The van der Waals surface area contributed by atoms with E-state index in [1.807, 2.05) is 26.0 Å². The van der Waals surface area contributed by atoms with Gasteiger partial charge in [0.15, 0.2) is 0 Å². The first kappa shape index (κ1) is 13.9. The lowest BCUT2D eigenvalue weighted by molar-refractivity contribution is -0.118. The van der Waals surface area contributed by atoms with Crippen molar-refractivity contribution in [1.82, 2.24) is 0 Å². The van der Waals surface area contributed by atoms with Gasteiger partial charge in [-0.1, -0.05) is 13.8 Å². The molecular weight excluding hydrogens is 262 g/mol. The molecule has 1 heterocycles. The van der Waals surface area contributed by atoms with E-state index >= 15 is 0 Å². The smallest absolute Gasteiger partial charge is 0.241 e. The second-order valence-corrected chi connectivity index (χ2v) is 5.82. The van der Waals surface area contributed by atoms with Crippen LogP contribution in [-0.4, -0.2) is 23.6 Å². The van der Waals surface area contributed by atoms with E-state index in [1.54, 1.807) is 6.07 Å². The third-order valence-corrected chi connectivity index (χ3v) is 3.97. The van der Waals surface area contributed by atoms with Crippen LogP contribution < -0.4 is 16.4 Å². The highest BCUT2D eigenvalue weighted by molar-refractivity contribution is 8.00. The van der Waals surface area contributed by atoms with Crippen molar-refractivity contribution in [2.24, 2.45) is 11.7 Å². The molecule has 0 bridgehead atoms. The zero-order valence-corrected chi connectivity index (χ0v) is 11.7. The summed E-state index contributed by atoms with van der Waals surface area (Å²) in [5.41, 5.74) is 7.16. The normalized spacial score (nSPS) is 15.7. The van der Waals surface area contributed by atoms with Crippen molar-refractivity contribution in [1.29, 1.82) is 0 Å². The lowest BCUT2D eigenvalue weighted by Crippen LogP contribution is -2.39. The maximum Gasteiger partial charge on any atom is 0.241 e. The molecule has 2 rings (SSSR count). The predicted octanol–water partition coefficient (Wildman–Crippen LogP) is 1.65. The van der Waals surface area contributed by atoms with Gasteiger partial charge in [-0.05, 0) is 24.1 Å². The highest BCUT2D eigenvalue weighted by Crippen LogP contribution is 2.33. The highest BCUT2D eigenvalue weighted by atomic mass is 32.2. The second kappa shape index (κ2) is 5.63. The number of hydrogen-bond donors (Lipinski definition) is 3. The van der Waals surface area contributed by atoms with Crippen LogP contribution in [0.3, 0.4) is 0 Å².